The molecular formula is C30H32N4O5. The second-order valence-corrected chi connectivity index (χ2v) is 9.14. The van der Waals surface area contributed by atoms with Gasteiger partial charge in [-0.25, -0.2) is 9.59 Å². The van der Waals surface area contributed by atoms with Gasteiger partial charge in [0.2, 0.25) is 0 Å². The number of benzene rings is 3. The first-order valence-electron chi connectivity index (χ1n) is 12.7. The van der Waals surface area contributed by atoms with Gasteiger partial charge < -0.3 is 24.4 Å². The predicted octanol–water partition coefficient (Wildman–Crippen LogP) is 4.46. The average Bonchev–Trinajstić information content (AvgIpc) is 2.99. The number of rotatable bonds is 9. The van der Waals surface area contributed by atoms with Crippen molar-refractivity contribution in [2.24, 2.45) is 0 Å². The van der Waals surface area contributed by atoms with Gasteiger partial charge in [0.15, 0.2) is 0 Å². The monoisotopic (exact) mass is 528 g/mol. The summed E-state index contributed by atoms with van der Waals surface area (Å²) >= 11 is 0. The summed E-state index contributed by atoms with van der Waals surface area (Å²) in [6, 6.07) is 23.9. The molecule has 1 fully saturated rings. The molecule has 1 saturated heterocycles. The molecule has 0 radical (unpaired) electrons. The molecule has 1 heterocycles. The van der Waals surface area contributed by atoms with Crippen molar-refractivity contribution in [3.05, 3.63) is 95.1 Å². The Morgan fingerprint density at radius 2 is 1.72 bits per heavy atom. The van der Waals surface area contributed by atoms with Gasteiger partial charge in [0.1, 0.15) is 5.75 Å². The van der Waals surface area contributed by atoms with E-state index in [-0.39, 0.29) is 12.1 Å². The van der Waals surface area contributed by atoms with E-state index in [4.69, 9.17) is 19.5 Å². The van der Waals surface area contributed by atoms with Crippen LogP contribution in [-0.2, 0) is 16.1 Å². The van der Waals surface area contributed by atoms with E-state index in [0.29, 0.717) is 56.1 Å². The fourth-order valence-corrected chi connectivity index (χ4v) is 4.41. The van der Waals surface area contributed by atoms with Crippen LogP contribution >= 0.6 is 0 Å². The summed E-state index contributed by atoms with van der Waals surface area (Å²) in [6.45, 7) is 3.46. The molecule has 3 aromatic carbocycles. The third-order valence-corrected chi connectivity index (χ3v) is 6.66. The van der Waals surface area contributed by atoms with Gasteiger partial charge >= 0.3 is 12.0 Å². The number of nitriles is 1. The molecule has 1 N–H and O–H groups in total. The molecule has 4 rings (SSSR count). The van der Waals surface area contributed by atoms with Crippen molar-refractivity contribution in [3.8, 4) is 11.8 Å². The molecule has 1 unspecified atom stereocenters. The number of hydrogen-bond donors (Lipinski definition) is 1. The van der Waals surface area contributed by atoms with E-state index in [0.717, 1.165) is 16.9 Å². The molecule has 9 nitrogen and oxygen atoms in total. The Labute approximate surface area is 228 Å². The normalized spacial score (nSPS) is 14.2. The van der Waals surface area contributed by atoms with Crippen molar-refractivity contribution in [1.82, 2.24) is 9.80 Å². The highest BCUT2D eigenvalue weighted by Crippen LogP contribution is 2.25. The number of carbonyl (C=O) groups excluding carboxylic acids is 2. The van der Waals surface area contributed by atoms with Gasteiger partial charge in [-0.2, -0.15) is 5.26 Å². The van der Waals surface area contributed by atoms with Gasteiger partial charge in [-0.15, -0.1) is 0 Å². The summed E-state index contributed by atoms with van der Waals surface area (Å²) in [5.74, 6) is 0.258. The van der Waals surface area contributed by atoms with Crippen LogP contribution in [0.3, 0.4) is 0 Å². The number of nitrogens with zero attached hydrogens (tertiary/aromatic N) is 3. The quantitative estimate of drug-likeness (QED) is 0.409. The number of urea groups is 1. The number of piperazine rings is 1. The van der Waals surface area contributed by atoms with Crippen molar-refractivity contribution in [2.45, 2.75) is 12.7 Å². The number of methoxy groups -OCH3 is 2. The van der Waals surface area contributed by atoms with Gasteiger partial charge in [-0.3, -0.25) is 4.90 Å². The first-order valence-corrected chi connectivity index (χ1v) is 12.7. The van der Waals surface area contributed by atoms with Crippen LogP contribution in [0.5, 0.6) is 5.75 Å². The van der Waals surface area contributed by atoms with Gasteiger partial charge in [-0.05, 0) is 47.5 Å². The highest BCUT2D eigenvalue weighted by molar-refractivity contribution is 6.00. The van der Waals surface area contributed by atoms with E-state index in [9.17, 15) is 9.59 Å². The Balaban J connectivity index is 1.38. The van der Waals surface area contributed by atoms with Crippen LogP contribution in [0.2, 0.25) is 0 Å². The molecule has 0 saturated carbocycles. The Kier molecular flexibility index (Phi) is 9.51. The van der Waals surface area contributed by atoms with E-state index in [1.165, 1.54) is 7.11 Å². The maximum Gasteiger partial charge on any atom is 0.339 e. The smallest absolute Gasteiger partial charge is 0.339 e. The topological polar surface area (TPSA) is 104 Å². The Hall–Kier alpha value is -4.39. The van der Waals surface area contributed by atoms with Crippen LogP contribution in [0.25, 0.3) is 0 Å². The minimum atomic E-state index is -0.500. The van der Waals surface area contributed by atoms with Crippen molar-refractivity contribution < 1.29 is 23.8 Å². The van der Waals surface area contributed by atoms with Crippen molar-refractivity contribution >= 4 is 17.7 Å². The molecule has 0 aliphatic carbocycles. The lowest BCUT2D eigenvalue weighted by atomic mass is 10.1. The average molecular weight is 529 g/mol. The number of hydrogen-bond acceptors (Lipinski definition) is 7. The van der Waals surface area contributed by atoms with E-state index >= 15 is 0 Å². The first-order chi connectivity index (χ1) is 19.0. The molecule has 2 amide bonds. The fourth-order valence-electron chi connectivity index (χ4n) is 4.41. The largest absolute Gasteiger partial charge is 0.497 e. The van der Waals surface area contributed by atoms with Crippen LogP contribution < -0.4 is 10.1 Å². The number of esters is 1. The van der Waals surface area contributed by atoms with Crippen LogP contribution in [0.1, 0.15) is 33.2 Å². The van der Waals surface area contributed by atoms with Crippen molar-refractivity contribution in [1.29, 1.82) is 5.26 Å². The van der Waals surface area contributed by atoms with Crippen molar-refractivity contribution in [3.63, 3.8) is 0 Å². The van der Waals surface area contributed by atoms with Crippen LogP contribution in [0, 0.1) is 11.3 Å². The Bertz CT molecular complexity index is 1310. The Morgan fingerprint density at radius 1 is 0.974 bits per heavy atom. The summed E-state index contributed by atoms with van der Waals surface area (Å²) in [6.07, 6.45) is -0.219. The molecule has 3 aromatic rings. The lowest BCUT2D eigenvalue weighted by Crippen LogP contribution is -2.51. The Morgan fingerprint density at radius 3 is 2.41 bits per heavy atom. The first kappa shape index (κ1) is 27.6. The minimum absolute atomic E-state index is 0.219. The second kappa shape index (κ2) is 13.4. The van der Waals surface area contributed by atoms with E-state index in [2.05, 4.69) is 16.3 Å². The van der Waals surface area contributed by atoms with Crippen LogP contribution in [0.4, 0.5) is 10.5 Å². The molecule has 0 aromatic heterocycles. The minimum Gasteiger partial charge on any atom is -0.497 e. The molecule has 202 valence electrons. The maximum atomic E-state index is 12.9. The van der Waals surface area contributed by atoms with Gasteiger partial charge in [0, 0.05) is 32.7 Å². The van der Waals surface area contributed by atoms with E-state index in [1.807, 2.05) is 36.4 Å². The van der Waals surface area contributed by atoms with Crippen molar-refractivity contribution in [2.75, 3.05) is 52.3 Å². The number of nitrogens with one attached hydrogen (secondary N) is 1. The lowest BCUT2D eigenvalue weighted by molar-refractivity contribution is 0.00584. The molecule has 1 aliphatic heterocycles. The molecule has 1 atom stereocenters. The highest BCUT2D eigenvalue weighted by Gasteiger charge is 2.25. The zero-order valence-electron chi connectivity index (χ0n) is 22.1. The zero-order valence-corrected chi connectivity index (χ0v) is 22.1. The molecule has 0 spiro atoms. The molecule has 1 aliphatic rings. The number of anilines is 1. The third kappa shape index (κ3) is 7.35. The van der Waals surface area contributed by atoms with Gasteiger partial charge in [0.05, 0.1) is 49.8 Å². The summed E-state index contributed by atoms with van der Waals surface area (Å²) in [4.78, 5) is 29.0. The van der Waals surface area contributed by atoms with E-state index < -0.39 is 5.97 Å². The van der Waals surface area contributed by atoms with Crippen LogP contribution in [-0.4, -0.2) is 68.7 Å². The number of ether oxygens (including phenoxy) is 3. The van der Waals surface area contributed by atoms with Crippen LogP contribution in [0.15, 0.2) is 72.8 Å². The predicted molar refractivity (Wildman–Crippen MR) is 146 cm³/mol. The van der Waals surface area contributed by atoms with Gasteiger partial charge in [0.25, 0.3) is 0 Å². The maximum absolute atomic E-state index is 12.9. The zero-order chi connectivity index (χ0) is 27.6. The summed E-state index contributed by atoms with van der Waals surface area (Å²) in [5.41, 5.74) is 3.33. The SMILES string of the molecule is COC(=O)c1ccccc1NC(=O)N1CCN(CC(OCc2ccc(C#N)cc2)c2cccc(OC)c2)CC1. The highest BCUT2D eigenvalue weighted by atomic mass is 16.5. The third-order valence-electron chi connectivity index (χ3n) is 6.66. The number of carbonyl (C=O) groups is 2. The number of para-hydroxylation sites is 1. The van der Waals surface area contributed by atoms with E-state index in [1.54, 1.807) is 48.4 Å². The fraction of sp³-hybridized carbons (Fsp3) is 0.300. The number of amides is 2. The molecule has 0 bridgehead atoms. The summed E-state index contributed by atoms with van der Waals surface area (Å²) < 4.78 is 16.6. The summed E-state index contributed by atoms with van der Waals surface area (Å²) in [5, 5.41) is 11.9. The standard InChI is InChI=1S/C30H32N4O5/c1-37-25-7-5-6-24(18-25)28(39-21-23-12-10-22(19-31)11-13-23)20-33-14-16-34(17-15-33)30(36)32-27-9-4-3-8-26(27)29(35)38-2/h3-13,18,28H,14-17,20-21H2,1-2H3,(H,32,36). The second-order valence-electron chi connectivity index (χ2n) is 9.14. The molecule has 9 heteroatoms. The molecule has 39 heavy (non-hydrogen) atoms. The van der Waals surface area contributed by atoms with Gasteiger partial charge in [-0.1, -0.05) is 36.4 Å². The molecular weight excluding hydrogens is 496 g/mol. The lowest BCUT2D eigenvalue weighted by Gasteiger charge is -2.36. The summed E-state index contributed by atoms with van der Waals surface area (Å²) in [7, 11) is 2.95.